The highest BCUT2D eigenvalue weighted by atomic mass is 32.2. The van der Waals surface area contributed by atoms with Crippen molar-refractivity contribution < 1.29 is 107 Å². The first-order chi connectivity index (χ1) is 62.4. The summed E-state index contributed by atoms with van der Waals surface area (Å²) >= 11 is 13.8. The number of amides is 15. The summed E-state index contributed by atoms with van der Waals surface area (Å²) in [5.74, 6) is -21.5. The fourth-order valence-electron chi connectivity index (χ4n) is 12.1. The maximum absolute atomic E-state index is 14.1. The highest BCUT2D eigenvalue weighted by Crippen LogP contribution is 2.20. The number of aromatic nitrogens is 1. The van der Waals surface area contributed by atoms with Crippen LogP contribution < -0.4 is 141 Å². The highest BCUT2D eigenvalue weighted by Gasteiger charge is 2.39. The lowest BCUT2D eigenvalue weighted by Gasteiger charge is -2.28. The SMILES string of the molecule is CSCC[C@H](NC(=O)[C@H](CS)NC(=O)[C@H](CCCNC(=N)N)NC(=O)CNC(=O)[C@@H](NC(=O)[C@H](Cc1c[nH]c2ccccc12)NC(=O)[C@@H](N)CCCNC(=N)N)[C@@H](C)O)C(=O)N[C@@H](CO)C(=O)N[C@@H](CS)C(=O)N[C@@H](CS)C(=O)N[C@@H](CCCNC(=N)N)C(=O)N[C@@H](CO)C(=O)N[C@@H](CO)C(=O)N[C@@H](CCCNC(=N)N)C(=O)N[C@H](C(=O)N[C@@H](CCCNC(=N)N)C(=O)O)[C@@H](C)O. The van der Waals surface area contributed by atoms with Gasteiger partial charge < -0.3 is 176 Å². The molecule has 0 saturated carbocycles. The lowest BCUT2D eigenvalue weighted by Crippen LogP contribution is -2.62. The molecule has 0 radical (unpaired) electrons. The van der Waals surface area contributed by atoms with Gasteiger partial charge in [-0.05, 0) is 108 Å². The topological polar surface area (TPSA) is 926 Å². The number of carboxylic acid groups (broad SMARTS) is 1. The van der Waals surface area contributed by atoms with Crippen LogP contribution in [0.1, 0.15) is 90.0 Å². The number of hydrogen-bond donors (Lipinski definition) is 41. The van der Waals surface area contributed by atoms with E-state index in [0.717, 1.165) is 6.92 Å². The van der Waals surface area contributed by atoms with Gasteiger partial charge in [0.1, 0.15) is 84.6 Å². The molecule has 1 aromatic carbocycles. The van der Waals surface area contributed by atoms with Gasteiger partial charge in [-0.1, -0.05) is 18.2 Å². The number of aliphatic carboxylic acids is 1. The zero-order chi connectivity index (χ0) is 99.4. The molecule has 0 aliphatic rings. The van der Waals surface area contributed by atoms with Crippen LogP contribution in [0.15, 0.2) is 30.5 Å². The summed E-state index contributed by atoms with van der Waals surface area (Å²) < 4.78 is 0. The molecule has 2 rings (SSSR count). The van der Waals surface area contributed by atoms with Crippen molar-refractivity contribution in [1.29, 1.82) is 27.0 Å². The van der Waals surface area contributed by atoms with Crippen molar-refractivity contribution in [3.63, 3.8) is 0 Å². The van der Waals surface area contributed by atoms with E-state index in [0.29, 0.717) is 22.9 Å². The third-order valence-corrected chi connectivity index (χ3v) is 21.0. The molecule has 17 atom stereocenters. The lowest BCUT2D eigenvalue weighted by molar-refractivity contribution is -0.143. The predicted octanol–water partition coefficient (Wildman–Crippen LogP) is -14.4. The second-order valence-electron chi connectivity index (χ2n) is 29.8. The summed E-state index contributed by atoms with van der Waals surface area (Å²) in [5, 5.41) is 148. The van der Waals surface area contributed by atoms with Crippen molar-refractivity contribution in [3.05, 3.63) is 36.0 Å². The number of rotatable bonds is 64. The van der Waals surface area contributed by atoms with Crippen LogP contribution in [0.5, 0.6) is 0 Å². The van der Waals surface area contributed by atoms with E-state index in [1.54, 1.807) is 36.7 Å². The minimum atomic E-state index is -1.99. The van der Waals surface area contributed by atoms with Crippen LogP contribution in [0, 0.1) is 27.0 Å². The molecule has 0 fully saturated rings. The molecule has 0 aliphatic heterocycles. The van der Waals surface area contributed by atoms with E-state index < -0.39 is 265 Å². The van der Waals surface area contributed by atoms with Crippen molar-refractivity contribution in [1.82, 2.24) is 111 Å². The Morgan fingerprint density at radius 2 is 0.674 bits per heavy atom. The number of carbonyl (C=O) groups excluding carboxylic acids is 15. The van der Waals surface area contributed by atoms with E-state index in [4.69, 9.17) is 61.4 Å². The number of carboxylic acids is 1. The highest BCUT2D eigenvalue weighted by molar-refractivity contribution is 7.98. The third-order valence-electron chi connectivity index (χ3n) is 19.2. The van der Waals surface area contributed by atoms with Gasteiger partial charge in [-0.3, -0.25) is 99.0 Å². The fourth-order valence-corrected chi connectivity index (χ4v) is 13.3. The average Bonchev–Trinajstić information content (AvgIpc) is 1.64. The molecule has 44 N–H and O–H groups in total. The van der Waals surface area contributed by atoms with Crippen LogP contribution >= 0.6 is 49.6 Å². The molecule has 0 spiro atoms. The Balaban J connectivity index is 2.31. The molecular formula is C74H128N32O22S4. The Bertz CT molecular complexity index is 4240. The number of H-pyrrole nitrogens is 1. The van der Waals surface area contributed by atoms with E-state index in [9.17, 15) is 107 Å². The summed E-state index contributed by atoms with van der Waals surface area (Å²) in [7, 11) is 0. The second kappa shape index (κ2) is 62.2. The largest absolute Gasteiger partial charge is 0.480 e. The normalized spacial score (nSPS) is 14.8. The summed E-state index contributed by atoms with van der Waals surface area (Å²) in [6.07, 6.45) is -0.944. The monoisotopic (exact) mass is 1940 g/mol. The van der Waals surface area contributed by atoms with Gasteiger partial charge in [0.05, 0.1) is 44.6 Å². The number of nitrogens with two attached hydrogens (primary N) is 6. The zero-order valence-corrected chi connectivity index (χ0v) is 76.3. The van der Waals surface area contributed by atoms with Crippen LogP contribution in [0.2, 0.25) is 0 Å². The van der Waals surface area contributed by atoms with Crippen LogP contribution in [0.4, 0.5) is 0 Å². The van der Waals surface area contributed by atoms with Crippen LogP contribution in [-0.4, -0.2) is 351 Å². The summed E-state index contributed by atoms with van der Waals surface area (Å²) in [5.41, 5.74) is 34.3. The fraction of sp³-hybridized carbons (Fsp3) is 0.608. The lowest BCUT2D eigenvalue weighted by atomic mass is 10.0. The maximum atomic E-state index is 14.1. The van der Waals surface area contributed by atoms with Crippen molar-refractivity contribution in [2.45, 2.75) is 194 Å². The molecule has 0 aliphatic carbocycles. The predicted molar refractivity (Wildman–Crippen MR) is 493 cm³/mol. The smallest absolute Gasteiger partial charge is 0.326 e. The number of para-hydroxylation sites is 1. The first-order valence-corrected chi connectivity index (χ1v) is 44.7. The molecule has 15 amide bonds. The molecular weight excluding hydrogens is 1820 g/mol. The van der Waals surface area contributed by atoms with Gasteiger partial charge in [0, 0.05) is 73.5 Å². The summed E-state index contributed by atoms with van der Waals surface area (Å²) in [6, 6.07) is -17.8. The molecule has 58 heteroatoms. The van der Waals surface area contributed by atoms with Gasteiger partial charge in [-0.2, -0.15) is 49.6 Å². The summed E-state index contributed by atoms with van der Waals surface area (Å²) in [6.45, 7) is -2.10. The van der Waals surface area contributed by atoms with Gasteiger partial charge in [-0.15, -0.1) is 0 Å². The van der Waals surface area contributed by atoms with Crippen LogP contribution in [0.3, 0.4) is 0 Å². The van der Waals surface area contributed by atoms with Gasteiger partial charge in [-0.25, -0.2) is 4.79 Å². The number of thiol groups is 3. The van der Waals surface area contributed by atoms with Gasteiger partial charge in [0.25, 0.3) is 0 Å². The first kappa shape index (κ1) is 116. The number of fused-ring (bicyclic) bond motifs is 1. The van der Waals surface area contributed by atoms with E-state index in [1.165, 1.54) is 18.7 Å². The molecule has 0 unspecified atom stereocenters. The molecule has 740 valence electrons. The van der Waals surface area contributed by atoms with E-state index >= 15 is 0 Å². The average molecular weight is 1950 g/mol. The van der Waals surface area contributed by atoms with Gasteiger partial charge in [0.2, 0.25) is 88.6 Å². The Kier molecular flexibility index (Phi) is 54.6. The molecule has 2 aromatic rings. The molecule has 132 heavy (non-hydrogen) atoms. The number of aromatic amines is 1. The maximum Gasteiger partial charge on any atom is 0.326 e. The zero-order valence-electron chi connectivity index (χ0n) is 72.8. The number of nitrogens with one attached hydrogen (secondary N) is 26. The van der Waals surface area contributed by atoms with E-state index in [1.807, 2.05) is 0 Å². The van der Waals surface area contributed by atoms with Crippen LogP contribution in [0.25, 0.3) is 10.9 Å². The third kappa shape index (κ3) is 43.7. The standard InChI is InChI=1S/C74H128N32O22S4/c1-34(110)53(105-60(118)45(25-36-26-91-39-13-5-4-11-37(36)39)98-55(113)38(75)12-6-19-86-70(76)77)67(125)92-27-52(112)93-40(14-7-20-87-71(78)79)56(114)102-49(31-129)65(123)96-43(18-24-132-3)58(116)100-48(30-109)63(121)103-51(33-131)66(124)104-50(32-130)64(122)95-41(15-8-21-88-72(80)81)57(115)99-47(29-108)62(120)101-46(28-107)61(119)94-42(16-9-22-89-73(82)83)59(117)106-54(35(2)111)68(126)97-44(69(127)128)17-10-23-90-74(84)85/h4-5,11,13,26,34-35,38,40-51,53-54,91,107-111,129-131H,6-10,12,14-25,27-33,75H2,1-3H3,(H,92,125)(H,93,112)(H,94,119)(H,95,122)(H,96,123)(H,97,126)(H,98,113)(H,99,115)(H,100,116)(H,101,120)(H,102,114)(H,103,121)(H,104,124)(H,105,118)(H,106,117)(H,127,128)(H4,76,77,86)(H4,78,79,87)(H4,80,81,88)(H4,82,83,89)(H4,84,85,90)/t34-,35-,38+,40+,41+,42+,43+,44+,45+,46+,47+,48+,49+,50+,51+,53+,54+/m1/s1. The molecule has 54 nitrogen and oxygen atoms in total. The number of carbonyl (C=O) groups is 16. The molecule has 0 bridgehead atoms. The number of hydrogen-bond acceptors (Lipinski definition) is 31. The first-order valence-electron chi connectivity index (χ1n) is 41.4. The molecule has 1 heterocycles. The van der Waals surface area contributed by atoms with Crippen molar-refractivity contribution in [3.8, 4) is 0 Å². The number of aliphatic hydroxyl groups is 5. The second-order valence-corrected chi connectivity index (χ2v) is 31.8. The Morgan fingerprint density at radius 3 is 1.03 bits per heavy atom. The van der Waals surface area contributed by atoms with Crippen molar-refractivity contribution in [2.24, 2.45) is 34.4 Å². The minimum absolute atomic E-state index is 0.00788. The van der Waals surface area contributed by atoms with Crippen LogP contribution in [-0.2, 0) is 83.1 Å². The quantitative estimate of drug-likeness (QED) is 0.0127. The molecule has 0 saturated heterocycles. The number of benzene rings is 1. The van der Waals surface area contributed by atoms with E-state index in [-0.39, 0.29) is 115 Å². The Labute approximate surface area is 779 Å². The number of aliphatic hydroxyl groups excluding tert-OH is 5. The molecule has 1 aromatic heterocycles. The van der Waals surface area contributed by atoms with Crippen molar-refractivity contribution in [2.75, 3.05) is 88.4 Å². The summed E-state index contributed by atoms with van der Waals surface area (Å²) in [4.78, 5) is 223. The van der Waals surface area contributed by atoms with E-state index in [2.05, 4.69) is 149 Å². The van der Waals surface area contributed by atoms with Gasteiger partial charge in [0.15, 0.2) is 29.8 Å². The Morgan fingerprint density at radius 1 is 0.379 bits per heavy atom. The minimum Gasteiger partial charge on any atom is -0.480 e. The Hall–Kier alpha value is -12.2. The van der Waals surface area contributed by atoms with Crippen molar-refractivity contribution >= 4 is 185 Å². The number of guanidine groups is 5. The van der Waals surface area contributed by atoms with Gasteiger partial charge >= 0.3 is 5.97 Å². The number of thioether (sulfide) groups is 1.